The molecule has 6 heterocycles. The second kappa shape index (κ2) is 20.5. The average molecular weight is 839 g/mol. The number of aliphatic hydroxyl groups is 2. The van der Waals surface area contributed by atoms with Crippen LogP contribution in [-0.2, 0) is 33.6 Å². The molecular formula is C45H58N8O8. The summed E-state index contributed by atoms with van der Waals surface area (Å²) in [5.74, 6) is 2.42. The van der Waals surface area contributed by atoms with Gasteiger partial charge in [0.15, 0.2) is 5.75 Å². The van der Waals surface area contributed by atoms with Crippen molar-refractivity contribution in [1.82, 2.24) is 38.2 Å². The molecule has 6 aromatic heterocycles. The number of rotatable bonds is 16. The first kappa shape index (κ1) is 46.1. The van der Waals surface area contributed by atoms with E-state index < -0.39 is 28.6 Å². The summed E-state index contributed by atoms with van der Waals surface area (Å²) < 4.78 is 17.2. The lowest BCUT2D eigenvalue weighted by Crippen LogP contribution is -2.40. The lowest BCUT2D eigenvalue weighted by Gasteiger charge is -2.20. The minimum absolute atomic E-state index is 0.102. The maximum Gasteiger partial charge on any atom is 0.332 e. The van der Waals surface area contributed by atoms with Crippen molar-refractivity contribution < 1.29 is 19.7 Å². The van der Waals surface area contributed by atoms with Gasteiger partial charge in [0.25, 0.3) is 11.1 Å². The Bertz CT molecular complexity index is 2730. The normalized spacial score (nSPS) is 12.0. The number of pyridine rings is 4. The van der Waals surface area contributed by atoms with Crippen molar-refractivity contribution in [3.63, 3.8) is 0 Å². The van der Waals surface area contributed by atoms with Crippen LogP contribution in [0, 0.1) is 25.7 Å². The number of unbranched alkanes of at least 4 members (excludes halogenated alkanes) is 1. The van der Waals surface area contributed by atoms with Gasteiger partial charge in [-0.25, -0.2) is 19.6 Å². The Kier molecular flexibility index (Phi) is 15.5. The van der Waals surface area contributed by atoms with E-state index in [1.165, 1.54) is 19.9 Å². The Morgan fingerprint density at radius 1 is 0.689 bits per heavy atom. The van der Waals surface area contributed by atoms with Crippen LogP contribution < -0.4 is 32.0 Å². The first-order valence-electron chi connectivity index (χ1n) is 20.8. The molecule has 0 saturated heterocycles. The van der Waals surface area contributed by atoms with Gasteiger partial charge in [-0.15, -0.1) is 0 Å². The number of hydrogen-bond donors (Lipinski definition) is 2. The maximum atomic E-state index is 13.4. The highest BCUT2D eigenvalue weighted by Crippen LogP contribution is 2.36. The Labute approximate surface area is 354 Å². The summed E-state index contributed by atoms with van der Waals surface area (Å²) in [6.45, 7) is 14.4. The Hall–Kier alpha value is -6.00. The van der Waals surface area contributed by atoms with Gasteiger partial charge < -0.3 is 19.7 Å². The number of hydrogen-bond acceptors (Lipinski definition) is 12. The molecule has 0 aromatic carbocycles. The Morgan fingerprint density at radius 2 is 1.20 bits per heavy atom. The van der Waals surface area contributed by atoms with Crippen LogP contribution in [0.1, 0.15) is 95.1 Å². The zero-order chi connectivity index (χ0) is 44.5. The minimum atomic E-state index is -0.955. The molecule has 1 unspecified atom stereocenters. The number of aryl methyl sites for hydroxylation is 5. The van der Waals surface area contributed by atoms with Crippen LogP contribution in [0.15, 0.2) is 68.5 Å². The lowest BCUT2D eigenvalue weighted by atomic mass is 9.97. The van der Waals surface area contributed by atoms with E-state index in [0.29, 0.717) is 72.0 Å². The molecular weight excluding hydrogens is 781 g/mol. The summed E-state index contributed by atoms with van der Waals surface area (Å²) in [5.41, 5.74) is 1.80. The van der Waals surface area contributed by atoms with E-state index in [4.69, 9.17) is 14.6 Å². The second-order valence-corrected chi connectivity index (χ2v) is 16.2. The summed E-state index contributed by atoms with van der Waals surface area (Å²) in [4.78, 5) is 69.2. The number of aliphatic hydroxyl groups excluding tert-OH is 2. The van der Waals surface area contributed by atoms with Crippen LogP contribution in [0.4, 0.5) is 0 Å². The topological polar surface area (TPSA) is 198 Å². The molecule has 61 heavy (non-hydrogen) atoms. The molecule has 0 radical (unpaired) electrons. The zero-order valence-corrected chi connectivity index (χ0v) is 36.6. The second-order valence-electron chi connectivity index (χ2n) is 16.2. The van der Waals surface area contributed by atoms with Crippen LogP contribution in [0.25, 0.3) is 22.1 Å². The van der Waals surface area contributed by atoms with Gasteiger partial charge in [0, 0.05) is 57.3 Å². The van der Waals surface area contributed by atoms with Crippen LogP contribution >= 0.6 is 0 Å². The molecule has 0 spiro atoms. The number of fused-ring (bicyclic) bond motifs is 2. The van der Waals surface area contributed by atoms with Gasteiger partial charge in [-0.1, -0.05) is 41.0 Å². The third-order valence-electron chi connectivity index (χ3n) is 10.2. The smallest absolute Gasteiger partial charge is 0.332 e. The molecule has 6 rings (SSSR count). The van der Waals surface area contributed by atoms with Gasteiger partial charge in [-0.05, 0) is 81.0 Å². The summed E-state index contributed by atoms with van der Waals surface area (Å²) in [7, 11) is 3.19. The largest absolute Gasteiger partial charge is 0.454 e. The third-order valence-corrected chi connectivity index (χ3v) is 10.2. The lowest BCUT2D eigenvalue weighted by molar-refractivity contribution is 0.149. The van der Waals surface area contributed by atoms with E-state index >= 15 is 0 Å². The summed E-state index contributed by atoms with van der Waals surface area (Å²) in [6, 6.07) is 3.68. The molecule has 0 fully saturated rings. The van der Waals surface area contributed by atoms with E-state index in [1.54, 1.807) is 45.1 Å². The standard InChI is InChI=1S/C23H30N4O4.C22H28N4O4/c1-6-7-8-27-22(29)20-19(17(28)9-14(2)3)18(13-25-21(20)26(5)23(27)30)31-16-10-15(4)11-24-12-16;1-14(2)6-7-17-18(30-16-10-15(3)11-23-12-16)13-24-20-19(17)21(28)26(8-5-9-27)22(29)25(20)4/h10-14,17,28H,6-9H2,1-5H3;10-14,27H,5-9H2,1-4H3. The Morgan fingerprint density at radius 3 is 1.70 bits per heavy atom. The highest BCUT2D eigenvalue weighted by Gasteiger charge is 2.26. The van der Waals surface area contributed by atoms with Crippen molar-refractivity contribution in [2.75, 3.05) is 6.61 Å². The SMILES string of the molecule is CCCCn1c(=O)c2c(C(O)CC(C)C)c(Oc3cncc(C)c3)cnc2n(C)c1=O.Cc1cncc(Oc2cnc3c(c2CCC(C)C)c(=O)n(CCCO)c(=O)n3C)c1. The van der Waals surface area contributed by atoms with Gasteiger partial charge in [0.2, 0.25) is 0 Å². The van der Waals surface area contributed by atoms with Gasteiger partial charge in [0.1, 0.15) is 28.5 Å². The van der Waals surface area contributed by atoms with Gasteiger partial charge in [0.05, 0.1) is 41.7 Å². The van der Waals surface area contributed by atoms with E-state index in [9.17, 15) is 24.3 Å². The third kappa shape index (κ3) is 10.7. The van der Waals surface area contributed by atoms with Crippen molar-refractivity contribution in [3.8, 4) is 23.0 Å². The maximum absolute atomic E-state index is 13.4. The highest BCUT2D eigenvalue weighted by molar-refractivity contribution is 5.82. The predicted octanol–water partition coefficient (Wildman–Crippen LogP) is 6.03. The molecule has 0 aliphatic carbocycles. The number of aromatic nitrogens is 8. The van der Waals surface area contributed by atoms with Crippen molar-refractivity contribution in [2.24, 2.45) is 25.9 Å². The highest BCUT2D eigenvalue weighted by atomic mass is 16.5. The molecule has 0 bridgehead atoms. The van der Waals surface area contributed by atoms with Crippen LogP contribution in [0.3, 0.4) is 0 Å². The molecule has 16 nitrogen and oxygen atoms in total. The van der Waals surface area contributed by atoms with Crippen LogP contribution in [0.5, 0.6) is 23.0 Å². The number of nitrogens with zero attached hydrogens (tertiary/aromatic N) is 8. The molecule has 326 valence electrons. The fourth-order valence-electron chi connectivity index (χ4n) is 7.05. The predicted molar refractivity (Wildman–Crippen MR) is 235 cm³/mol. The Balaban J connectivity index is 0.000000231. The molecule has 0 aliphatic rings. The average Bonchev–Trinajstić information content (AvgIpc) is 3.21. The molecule has 0 aliphatic heterocycles. The molecule has 6 aromatic rings. The molecule has 16 heteroatoms. The van der Waals surface area contributed by atoms with E-state index in [0.717, 1.165) is 34.1 Å². The molecule has 2 N–H and O–H groups in total. The quantitative estimate of drug-likeness (QED) is 0.115. The monoisotopic (exact) mass is 838 g/mol. The van der Waals surface area contributed by atoms with Crippen molar-refractivity contribution >= 4 is 22.1 Å². The summed E-state index contributed by atoms with van der Waals surface area (Å²) in [5, 5.41) is 20.9. The minimum Gasteiger partial charge on any atom is -0.454 e. The summed E-state index contributed by atoms with van der Waals surface area (Å²) in [6.07, 6.45) is 12.4. The summed E-state index contributed by atoms with van der Waals surface area (Å²) >= 11 is 0. The fraction of sp³-hybridized carbons (Fsp3) is 0.467. The molecule has 1 atom stereocenters. The first-order valence-corrected chi connectivity index (χ1v) is 20.8. The van der Waals surface area contributed by atoms with Crippen molar-refractivity contribution in [1.29, 1.82) is 0 Å². The zero-order valence-electron chi connectivity index (χ0n) is 36.6. The molecule has 0 saturated carbocycles. The van der Waals surface area contributed by atoms with Crippen LogP contribution in [-0.4, -0.2) is 55.0 Å². The van der Waals surface area contributed by atoms with Gasteiger partial charge in [-0.2, -0.15) is 0 Å². The van der Waals surface area contributed by atoms with Gasteiger partial charge in [-0.3, -0.25) is 37.8 Å². The van der Waals surface area contributed by atoms with Crippen molar-refractivity contribution in [2.45, 2.75) is 106 Å². The number of ether oxygens (including phenoxy) is 2. The first-order chi connectivity index (χ1) is 29.1. The van der Waals surface area contributed by atoms with E-state index in [-0.39, 0.29) is 35.9 Å². The molecule has 0 amide bonds. The van der Waals surface area contributed by atoms with Crippen LogP contribution in [0.2, 0.25) is 0 Å². The van der Waals surface area contributed by atoms with E-state index in [1.807, 2.05) is 46.8 Å². The van der Waals surface area contributed by atoms with Crippen molar-refractivity contribution in [3.05, 3.63) is 113 Å². The van der Waals surface area contributed by atoms with Gasteiger partial charge >= 0.3 is 11.4 Å². The van der Waals surface area contributed by atoms with E-state index in [2.05, 4.69) is 33.8 Å². The fourth-order valence-corrected chi connectivity index (χ4v) is 7.05.